The number of hydrogen-bond acceptors (Lipinski definition) is 2. The van der Waals surface area contributed by atoms with E-state index in [-0.39, 0.29) is 11.3 Å². The first-order valence-electron chi connectivity index (χ1n) is 5.24. The Morgan fingerprint density at radius 3 is 2.77 bits per heavy atom. The summed E-state index contributed by atoms with van der Waals surface area (Å²) in [6.45, 7) is 7.00. The SMILES string of the molecule is CCNCCC1(CC)CCNC1=O. The third-order valence-corrected chi connectivity index (χ3v) is 3.08. The summed E-state index contributed by atoms with van der Waals surface area (Å²) in [5.74, 6) is 0.257. The van der Waals surface area contributed by atoms with Crippen molar-refractivity contribution < 1.29 is 4.79 Å². The van der Waals surface area contributed by atoms with Gasteiger partial charge in [0, 0.05) is 6.54 Å². The van der Waals surface area contributed by atoms with Crippen molar-refractivity contribution in [2.45, 2.75) is 33.1 Å². The van der Waals surface area contributed by atoms with Gasteiger partial charge in [0.2, 0.25) is 5.91 Å². The van der Waals surface area contributed by atoms with Gasteiger partial charge < -0.3 is 10.6 Å². The number of amides is 1. The van der Waals surface area contributed by atoms with Crippen LogP contribution in [0.25, 0.3) is 0 Å². The monoisotopic (exact) mass is 184 g/mol. The second-order valence-electron chi connectivity index (χ2n) is 3.74. The topological polar surface area (TPSA) is 41.1 Å². The largest absolute Gasteiger partial charge is 0.356 e. The average Bonchev–Trinajstić information content (AvgIpc) is 2.49. The molecule has 1 heterocycles. The molecular formula is C10H20N2O. The lowest BCUT2D eigenvalue weighted by molar-refractivity contribution is -0.128. The lowest BCUT2D eigenvalue weighted by Crippen LogP contribution is -2.33. The maximum Gasteiger partial charge on any atom is 0.226 e. The highest BCUT2D eigenvalue weighted by atomic mass is 16.2. The number of nitrogens with one attached hydrogen (secondary N) is 2. The van der Waals surface area contributed by atoms with Crippen LogP contribution in [0.1, 0.15) is 33.1 Å². The van der Waals surface area contributed by atoms with Crippen molar-refractivity contribution in [1.29, 1.82) is 0 Å². The van der Waals surface area contributed by atoms with Gasteiger partial charge in [-0.25, -0.2) is 0 Å². The van der Waals surface area contributed by atoms with Gasteiger partial charge in [0.05, 0.1) is 5.41 Å². The Morgan fingerprint density at radius 1 is 1.54 bits per heavy atom. The smallest absolute Gasteiger partial charge is 0.226 e. The highest BCUT2D eigenvalue weighted by Gasteiger charge is 2.39. The van der Waals surface area contributed by atoms with Crippen molar-refractivity contribution in [2.24, 2.45) is 5.41 Å². The van der Waals surface area contributed by atoms with Crippen LogP contribution in [-0.4, -0.2) is 25.5 Å². The van der Waals surface area contributed by atoms with E-state index in [1.54, 1.807) is 0 Å². The minimum Gasteiger partial charge on any atom is -0.356 e. The molecule has 3 heteroatoms. The molecule has 1 atom stereocenters. The van der Waals surface area contributed by atoms with E-state index in [1.165, 1.54) is 0 Å². The average molecular weight is 184 g/mol. The number of hydrogen-bond donors (Lipinski definition) is 2. The summed E-state index contributed by atoms with van der Waals surface area (Å²) in [5, 5.41) is 6.20. The van der Waals surface area contributed by atoms with Gasteiger partial charge in [-0.2, -0.15) is 0 Å². The van der Waals surface area contributed by atoms with Gasteiger partial charge in [-0.05, 0) is 32.4 Å². The summed E-state index contributed by atoms with van der Waals surface area (Å²) in [6.07, 6.45) is 2.95. The summed E-state index contributed by atoms with van der Waals surface area (Å²) >= 11 is 0. The lowest BCUT2D eigenvalue weighted by Gasteiger charge is -2.24. The van der Waals surface area contributed by atoms with Crippen molar-refractivity contribution in [2.75, 3.05) is 19.6 Å². The Balaban J connectivity index is 2.44. The fourth-order valence-corrected chi connectivity index (χ4v) is 1.97. The summed E-state index contributed by atoms with van der Waals surface area (Å²) < 4.78 is 0. The Morgan fingerprint density at radius 2 is 2.31 bits per heavy atom. The molecule has 1 saturated heterocycles. The predicted molar refractivity (Wildman–Crippen MR) is 53.5 cm³/mol. The fraction of sp³-hybridized carbons (Fsp3) is 0.900. The van der Waals surface area contributed by atoms with Crippen molar-refractivity contribution in [3.05, 3.63) is 0 Å². The van der Waals surface area contributed by atoms with Gasteiger partial charge in [0.1, 0.15) is 0 Å². The zero-order chi connectivity index (χ0) is 9.73. The van der Waals surface area contributed by atoms with Crippen molar-refractivity contribution in [3.63, 3.8) is 0 Å². The maximum atomic E-state index is 11.6. The van der Waals surface area contributed by atoms with Crippen LogP contribution >= 0.6 is 0 Å². The Hall–Kier alpha value is -0.570. The van der Waals surface area contributed by atoms with Crippen LogP contribution < -0.4 is 10.6 Å². The van der Waals surface area contributed by atoms with Gasteiger partial charge in [-0.15, -0.1) is 0 Å². The zero-order valence-corrected chi connectivity index (χ0v) is 8.65. The molecule has 76 valence electrons. The van der Waals surface area contributed by atoms with E-state index in [1.807, 2.05) is 0 Å². The molecule has 0 aromatic rings. The molecule has 0 aliphatic carbocycles. The summed E-state index contributed by atoms with van der Waals surface area (Å²) in [4.78, 5) is 11.6. The Kier molecular flexibility index (Phi) is 3.72. The third-order valence-electron chi connectivity index (χ3n) is 3.08. The molecule has 0 saturated carbocycles. The molecular weight excluding hydrogens is 164 g/mol. The first-order chi connectivity index (χ1) is 6.25. The van der Waals surface area contributed by atoms with E-state index < -0.39 is 0 Å². The van der Waals surface area contributed by atoms with E-state index in [0.717, 1.165) is 38.9 Å². The minimum absolute atomic E-state index is 0.0673. The van der Waals surface area contributed by atoms with Crippen LogP contribution in [0.3, 0.4) is 0 Å². The van der Waals surface area contributed by atoms with Crippen LogP contribution in [0, 0.1) is 5.41 Å². The normalized spacial score (nSPS) is 27.7. The summed E-state index contributed by atoms with van der Waals surface area (Å²) in [7, 11) is 0. The fourth-order valence-electron chi connectivity index (χ4n) is 1.97. The second-order valence-corrected chi connectivity index (χ2v) is 3.74. The molecule has 0 radical (unpaired) electrons. The Labute approximate surface area is 80.3 Å². The lowest BCUT2D eigenvalue weighted by atomic mass is 9.80. The molecule has 2 N–H and O–H groups in total. The van der Waals surface area contributed by atoms with Crippen molar-refractivity contribution >= 4 is 5.91 Å². The summed E-state index contributed by atoms with van der Waals surface area (Å²) in [6, 6.07) is 0. The standard InChI is InChI=1S/C10H20N2O/c1-3-10(5-7-11-4-2)6-8-12-9(10)13/h11H,3-8H2,1-2H3,(H,12,13). The molecule has 0 aromatic heterocycles. The molecule has 1 rings (SSSR count). The minimum atomic E-state index is -0.0673. The molecule has 1 fully saturated rings. The van der Waals surface area contributed by atoms with Gasteiger partial charge in [-0.1, -0.05) is 13.8 Å². The molecule has 0 bridgehead atoms. The molecule has 1 aliphatic heterocycles. The maximum absolute atomic E-state index is 11.6. The summed E-state index contributed by atoms with van der Waals surface area (Å²) in [5.41, 5.74) is -0.0673. The predicted octanol–water partition coefficient (Wildman–Crippen LogP) is 0.902. The highest BCUT2D eigenvalue weighted by molar-refractivity contribution is 5.84. The Bertz CT molecular complexity index is 182. The zero-order valence-electron chi connectivity index (χ0n) is 8.65. The van der Waals surface area contributed by atoms with Gasteiger partial charge >= 0.3 is 0 Å². The molecule has 3 nitrogen and oxygen atoms in total. The number of carbonyl (C=O) groups excluding carboxylic acids is 1. The number of rotatable bonds is 5. The van der Waals surface area contributed by atoms with E-state index in [0.29, 0.717) is 0 Å². The first-order valence-corrected chi connectivity index (χ1v) is 5.24. The molecule has 1 aliphatic rings. The molecule has 0 aromatic carbocycles. The van der Waals surface area contributed by atoms with Crippen molar-refractivity contribution in [3.8, 4) is 0 Å². The van der Waals surface area contributed by atoms with Crippen LogP contribution in [0.4, 0.5) is 0 Å². The van der Waals surface area contributed by atoms with Gasteiger partial charge in [0.25, 0.3) is 0 Å². The van der Waals surface area contributed by atoms with E-state index in [2.05, 4.69) is 24.5 Å². The van der Waals surface area contributed by atoms with Crippen molar-refractivity contribution in [1.82, 2.24) is 10.6 Å². The van der Waals surface area contributed by atoms with E-state index in [4.69, 9.17) is 0 Å². The second kappa shape index (κ2) is 4.61. The van der Waals surface area contributed by atoms with E-state index in [9.17, 15) is 4.79 Å². The van der Waals surface area contributed by atoms with E-state index >= 15 is 0 Å². The molecule has 1 amide bonds. The van der Waals surface area contributed by atoms with Crippen LogP contribution in [-0.2, 0) is 4.79 Å². The third kappa shape index (κ3) is 2.21. The van der Waals surface area contributed by atoms with Crippen LogP contribution in [0.15, 0.2) is 0 Å². The quantitative estimate of drug-likeness (QED) is 0.623. The number of carbonyl (C=O) groups is 1. The van der Waals surface area contributed by atoms with Gasteiger partial charge in [0.15, 0.2) is 0 Å². The molecule has 0 spiro atoms. The molecule has 13 heavy (non-hydrogen) atoms. The highest BCUT2D eigenvalue weighted by Crippen LogP contribution is 2.33. The molecule has 1 unspecified atom stereocenters. The van der Waals surface area contributed by atoms with Crippen LogP contribution in [0.2, 0.25) is 0 Å². The first kappa shape index (κ1) is 10.5. The van der Waals surface area contributed by atoms with Gasteiger partial charge in [-0.3, -0.25) is 4.79 Å². The van der Waals surface area contributed by atoms with Crippen LogP contribution in [0.5, 0.6) is 0 Å².